The van der Waals surface area contributed by atoms with E-state index < -0.39 is 10.8 Å². The summed E-state index contributed by atoms with van der Waals surface area (Å²) in [5.41, 5.74) is 21.7. The first-order chi connectivity index (χ1) is 16.4. The molecule has 1 saturated heterocycles. The average molecular weight is 576 g/mol. The van der Waals surface area contributed by atoms with Crippen molar-refractivity contribution in [1.82, 2.24) is 20.2 Å². The second-order valence-corrected chi connectivity index (χ2v) is 11.7. The number of hydrogen-bond acceptors (Lipinski definition) is 6. The first-order valence-corrected chi connectivity index (χ1v) is 14.1. The van der Waals surface area contributed by atoms with Crippen LogP contribution in [0.2, 0.25) is 0 Å². The quantitative estimate of drug-likeness (QED) is 0.438. The summed E-state index contributed by atoms with van der Waals surface area (Å²) in [6.07, 6.45) is 15.1. The van der Waals surface area contributed by atoms with Gasteiger partial charge in [-0.15, -0.1) is 12.1 Å². The van der Waals surface area contributed by atoms with E-state index >= 15 is 0 Å². The molecule has 191 valence electrons. The maximum atomic E-state index is 10.7. The number of rotatable bonds is 3. The van der Waals surface area contributed by atoms with Gasteiger partial charge in [-0.05, 0) is 24.3 Å². The fourth-order valence-corrected chi connectivity index (χ4v) is 7.14. The van der Waals surface area contributed by atoms with Crippen LogP contribution < -0.4 is 11.1 Å². The predicted molar refractivity (Wildman–Crippen MR) is 138 cm³/mol. The van der Waals surface area contributed by atoms with Crippen LogP contribution in [-0.2, 0) is 43.5 Å². The third-order valence-electron chi connectivity index (χ3n) is 7.22. The summed E-state index contributed by atoms with van der Waals surface area (Å²) in [4.78, 5) is 7.93. The second kappa shape index (κ2) is 13.6. The number of H-pyrrole nitrogens is 1. The number of nitrogens with one attached hydrogen (secondary N) is 4. The molecular weight excluding hydrogens is 537 g/mol. The zero-order chi connectivity index (χ0) is 24.0. The molecule has 0 unspecified atom stereocenters. The van der Waals surface area contributed by atoms with Gasteiger partial charge in [0.2, 0.25) is 5.95 Å². The molecule has 0 amide bonds. The molecule has 35 heavy (non-hydrogen) atoms. The minimum absolute atomic E-state index is 0. The van der Waals surface area contributed by atoms with E-state index in [0.717, 1.165) is 43.0 Å². The van der Waals surface area contributed by atoms with E-state index in [-0.39, 0.29) is 50.7 Å². The molecule has 1 aliphatic heterocycles. The molecule has 3 saturated carbocycles. The van der Waals surface area contributed by atoms with Crippen molar-refractivity contribution in [2.45, 2.75) is 88.6 Å². The van der Waals surface area contributed by atoms with Gasteiger partial charge in [-0.25, -0.2) is 4.98 Å². The Hall–Kier alpha value is -0.936. The van der Waals surface area contributed by atoms with Gasteiger partial charge in [0.25, 0.3) is 0 Å². The van der Waals surface area contributed by atoms with Crippen LogP contribution in [0, 0.1) is 5.41 Å². The number of nitrogens with zero attached hydrogens (tertiary/aromatic N) is 3. The molecule has 3 aliphatic carbocycles. The largest absolute Gasteiger partial charge is 0.675 e. The normalized spacial score (nSPS) is 27.8. The molecule has 1 radical (unpaired) electrons. The molecule has 4 fully saturated rings. The Morgan fingerprint density at radius 1 is 1.00 bits per heavy atom. The van der Waals surface area contributed by atoms with Gasteiger partial charge < -0.3 is 22.5 Å². The van der Waals surface area contributed by atoms with Crippen molar-refractivity contribution in [2.75, 3.05) is 22.6 Å². The molecule has 3 heterocycles. The summed E-state index contributed by atoms with van der Waals surface area (Å²) in [6.45, 7) is 0. The third-order valence-corrected chi connectivity index (χ3v) is 9.09. The molecule has 0 bridgehead atoms. The van der Waals surface area contributed by atoms with Gasteiger partial charge in [0.1, 0.15) is 5.82 Å². The van der Waals surface area contributed by atoms with Crippen LogP contribution in [0.5, 0.6) is 0 Å². The van der Waals surface area contributed by atoms with Gasteiger partial charge in [0.15, 0.2) is 5.82 Å². The Morgan fingerprint density at radius 3 is 2.20 bits per heavy atom. The summed E-state index contributed by atoms with van der Waals surface area (Å²) in [5, 5.41) is 10.5. The molecule has 0 atom stereocenters. The van der Waals surface area contributed by atoms with E-state index in [0.29, 0.717) is 17.2 Å². The number of aromatic amines is 1. The molecule has 6 N–H and O–H groups in total. The molecule has 11 heteroatoms. The Labute approximate surface area is 236 Å². The monoisotopic (exact) mass is 575 g/mol. The van der Waals surface area contributed by atoms with Crippen LogP contribution in [0.4, 0.5) is 17.6 Å². The molecule has 6 rings (SSSR count). The fraction of sp³-hybridized carbons (Fsp3) is 0.708. The van der Waals surface area contributed by atoms with Gasteiger partial charge in [0, 0.05) is 78.9 Å². The fourth-order valence-electron chi connectivity index (χ4n) is 5.39. The molecule has 2 aromatic rings. The number of aromatic nitrogens is 4. The third kappa shape index (κ3) is 8.56. The van der Waals surface area contributed by atoms with Gasteiger partial charge in [-0.3, -0.25) is 9.31 Å². The molecule has 2 aromatic heterocycles. The average Bonchev–Trinajstić information content (AvgIpc) is 3.45. The Bertz CT molecular complexity index is 929. The van der Waals surface area contributed by atoms with Crippen LogP contribution >= 0.6 is 0 Å². The molecule has 9 nitrogen and oxygen atoms in total. The summed E-state index contributed by atoms with van der Waals surface area (Å²) in [6, 6.07) is 4.27. The Balaban J connectivity index is 0.000000168. The van der Waals surface area contributed by atoms with E-state index in [4.69, 9.17) is 17.2 Å². The molecule has 0 aromatic carbocycles. The van der Waals surface area contributed by atoms with Gasteiger partial charge in [-0.2, -0.15) is 10.1 Å². The van der Waals surface area contributed by atoms with Crippen LogP contribution in [0.1, 0.15) is 82.2 Å². The zero-order valence-corrected chi connectivity index (χ0v) is 24.1. The van der Waals surface area contributed by atoms with Gasteiger partial charge >= 0.3 is 0 Å². The van der Waals surface area contributed by atoms with E-state index in [1.165, 1.54) is 50.6 Å². The minimum atomic E-state index is -0.508. The standard InChI is InChI=1S/C12H16N6.C6H10NOS.C6H12N.Y/c13-12-14-6-5-10(16-12)15-11-7-9(17-18-11)8-3-1-2-4-8;7-5-1-6(2-5)3-9(8)4-6;7-6-4-2-1-3-5-6;/h5-8H,1-4H2,(H4,13,14,15,16,17,18);5,7H,1-4H2;6-7H,1-5H2;/q;2*-1;. The van der Waals surface area contributed by atoms with Crippen LogP contribution in [-0.4, -0.2) is 48.0 Å². The van der Waals surface area contributed by atoms with Gasteiger partial charge in [-0.1, -0.05) is 57.8 Å². The number of nitrogen functional groups attached to an aromatic ring is 1. The second-order valence-electron chi connectivity index (χ2n) is 10.3. The smallest absolute Gasteiger partial charge is 0.221 e. The first-order valence-electron chi connectivity index (χ1n) is 12.6. The van der Waals surface area contributed by atoms with Crippen molar-refractivity contribution >= 4 is 28.4 Å². The maximum absolute atomic E-state index is 10.7. The van der Waals surface area contributed by atoms with Crippen molar-refractivity contribution in [1.29, 1.82) is 0 Å². The van der Waals surface area contributed by atoms with Crippen molar-refractivity contribution < 1.29 is 36.9 Å². The number of anilines is 3. The molecule has 4 aliphatic rings. The topological polar surface area (TPSA) is 157 Å². The van der Waals surface area contributed by atoms with E-state index in [1.54, 1.807) is 12.3 Å². The van der Waals surface area contributed by atoms with Crippen molar-refractivity contribution in [3.05, 3.63) is 35.5 Å². The summed E-state index contributed by atoms with van der Waals surface area (Å²) in [5.74, 6) is 4.10. The predicted octanol–water partition coefficient (Wildman–Crippen LogP) is 5.50. The summed E-state index contributed by atoms with van der Waals surface area (Å²) >= 11 is 0. The first kappa shape index (κ1) is 28.6. The van der Waals surface area contributed by atoms with Crippen molar-refractivity contribution in [3.63, 3.8) is 0 Å². The van der Waals surface area contributed by atoms with E-state index in [9.17, 15) is 4.21 Å². The van der Waals surface area contributed by atoms with Crippen LogP contribution in [0.25, 0.3) is 11.5 Å². The number of hydrogen-bond donors (Lipinski definition) is 3. The van der Waals surface area contributed by atoms with Crippen LogP contribution in [0.3, 0.4) is 0 Å². The van der Waals surface area contributed by atoms with Gasteiger partial charge in [0.05, 0.1) is 0 Å². The maximum Gasteiger partial charge on any atom is 0.221 e. The molecule has 1 spiro atoms. The SMILES string of the molecule is Nc1nccc(Nc2cc(C3CCCC3)[nH]n2)n1.[NH-]C1CC2(C1)CS(=O)C2.[NH-]C1CCCCC1.[Y]. The Kier molecular flexibility index (Phi) is 11.1. The number of nitrogens with two attached hydrogens (primary N) is 1. The summed E-state index contributed by atoms with van der Waals surface area (Å²) < 4.78 is 10.7. The Morgan fingerprint density at radius 2 is 1.66 bits per heavy atom. The van der Waals surface area contributed by atoms with Crippen molar-refractivity contribution in [3.8, 4) is 0 Å². The summed E-state index contributed by atoms with van der Waals surface area (Å²) in [7, 11) is -0.508. The van der Waals surface area contributed by atoms with E-state index in [1.807, 2.05) is 6.07 Å². The minimum Gasteiger partial charge on any atom is -0.675 e. The zero-order valence-electron chi connectivity index (χ0n) is 20.5. The molecular formula is C24H38N8OSY-2. The van der Waals surface area contributed by atoms with Crippen molar-refractivity contribution in [2.24, 2.45) is 5.41 Å². The van der Waals surface area contributed by atoms with Crippen LogP contribution in [0.15, 0.2) is 18.3 Å². The van der Waals surface area contributed by atoms with E-state index in [2.05, 4.69) is 25.5 Å².